The molecule has 0 saturated heterocycles. The van der Waals surface area contributed by atoms with Crippen molar-refractivity contribution in [2.24, 2.45) is 0 Å². The first kappa shape index (κ1) is 22.1. The Morgan fingerprint density at radius 3 is 2.03 bits per heavy atom. The Kier molecular flexibility index (Phi) is 7.47. The molecule has 2 amide bonds. The van der Waals surface area contributed by atoms with Gasteiger partial charge in [0.05, 0.1) is 0 Å². The van der Waals surface area contributed by atoms with E-state index in [2.05, 4.69) is 10.6 Å². The van der Waals surface area contributed by atoms with Gasteiger partial charge in [0.2, 0.25) is 11.8 Å². The Hall–Kier alpha value is -3.22. The first-order valence-corrected chi connectivity index (χ1v) is 9.27. The molecule has 0 aromatic heterocycles. The highest BCUT2D eigenvalue weighted by Gasteiger charge is 2.27. The van der Waals surface area contributed by atoms with Crippen LogP contribution in [0.3, 0.4) is 0 Å². The molecule has 2 aromatic rings. The maximum Gasteiger partial charge on any atom is 0.326 e. The van der Waals surface area contributed by atoms with Crippen LogP contribution in [0.2, 0.25) is 0 Å². The van der Waals surface area contributed by atoms with Gasteiger partial charge >= 0.3 is 5.97 Å². The van der Waals surface area contributed by atoms with Gasteiger partial charge in [-0.15, -0.1) is 0 Å². The van der Waals surface area contributed by atoms with Gasteiger partial charge in [0.15, 0.2) is 0 Å². The quantitative estimate of drug-likeness (QED) is 0.634. The molecule has 0 heterocycles. The third-order valence-electron chi connectivity index (χ3n) is 4.71. The van der Waals surface area contributed by atoms with Crippen LogP contribution in [0, 0.1) is 19.7 Å². The van der Waals surface area contributed by atoms with Crippen LogP contribution in [0.4, 0.5) is 4.39 Å². The zero-order chi connectivity index (χ0) is 21.6. The predicted molar refractivity (Wildman–Crippen MR) is 107 cm³/mol. The second-order valence-electron chi connectivity index (χ2n) is 7.06. The fourth-order valence-electron chi connectivity index (χ4n) is 3.16. The first-order valence-electron chi connectivity index (χ1n) is 9.27. The first-order chi connectivity index (χ1) is 13.7. The summed E-state index contributed by atoms with van der Waals surface area (Å²) in [6.45, 7) is 5.05. The molecule has 2 rings (SSSR count). The van der Waals surface area contributed by atoms with Crippen molar-refractivity contribution in [3.05, 3.63) is 70.5 Å². The third-order valence-corrected chi connectivity index (χ3v) is 4.71. The number of nitrogens with one attached hydrogen (secondary N) is 2. The van der Waals surface area contributed by atoms with Gasteiger partial charge < -0.3 is 15.7 Å². The predicted octanol–water partition coefficient (Wildman–Crippen LogP) is 2.30. The Balaban J connectivity index is 2.18. The van der Waals surface area contributed by atoms with Crippen LogP contribution in [0.1, 0.15) is 29.2 Å². The molecule has 0 radical (unpaired) electrons. The zero-order valence-corrected chi connectivity index (χ0v) is 16.7. The average Bonchev–Trinajstić information content (AvgIpc) is 2.64. The van der Waals surface area contributed by atoms with E-state index in [0.29, 0.717) is 5.56 Å². The van der Waals surface area contributed by atoms with Gasteiger partial charge in [-0.1, -0.05) is 30.3 Å². The highest BCUT2D eigenvalue weighted by atomic mass is 19.1. The van der Waals surface area contributed by atoms with E-state index in [-0.39, 0.29) is 12.8 Å². The molecule has 0 saturated carbocycles. The Bertz CT molecular complexity index is 876. The minimum absolute atomic E-state index is 0.113. The van der Waals surface area contributed by atoms with E-state index in [0.717, 1.165) is 16.7 Å². The largest absolute Gasteiger partial charge is 0.480 e. The molecule has 0 spiro atoms. The maximum absolute atomic E-state index is 13.1. The summed E-state index contributed by atoms with van der Waals surface area (Å²) in [5, 5.41) is 14.7. The van der Waals surface area contributed by atoms with Gasteiger partial charge in [-0.2, -0.15) is 0 Å². The van der Waals surface area contributed by atoms with Crippen molar-refractivity contribution in [3.8, 4) is 0 Å². The number of aryl methyl sites for hydroxylation is 2. The molecular weight excluding hydrogens is 375 g/mol. The number of carboxylic acids is 1. The lowest BCUT2D eigenvalue weighted by molar-refractivity contribution is -0.142. The van der Waals surface area contributed by atoms with Gasteiger partial charge in [0, 0.05) is 19.8 Å². The van der Waals surface area contributed by atoms with Crippen LogP contribution >= 0.6 is 0 Å². The van der Waals surface area contributed by atoms with E-state index in [9.17, 15) is 23.9 Å². The van der Waals surface area contributed by atoms with Crippen molar-refractivity contribution in [1.82, 2.24) is 10.6 Å². The number of amides is 2. The number of hydrogen-bond donors (Lipinski definition) is 3. The number of aliphatic carboxylic acids is 1. The lowest BCUT2D eigenvalue weighted by atomic mass is 9.96. The topological polar surface area (TPSA) is 95.5 Å². The zero-order valence-electron chi connectivity index (χ0n) is 16.7. The molecule has 0 aliphatic carbocycles. The van der Waals surface area contributed by atoms with Crippen molar-refractivity contribution in [2.45, 2.75) is 45.7 Å². The summed E-state index contributed by atoms with van der Waals surface area (Å²) in [6.07, 6.45) is 0.240. The molecule has 0 aliphatic heterocycles. The van der Waals surface area contributed by atoms with Crippen LogP contribution in [0.5, 0.6) is 0 Å². The smallest absolute Gasteiger partial charge is 0.326 e. The molecule has 6 nitrogen and oxygen atoms in total. The van der Waals surface area contributed by atoms with Crippen molar-refractivity contribution in [1.29, 1.82) is 0 Å². The SMILES string of the molecule is CC(=O)N[C@H](Cc1ccc(F)cc1)C(=O)N[C@@H](Cc1c(C)cccc1C)C(=O)O. The van der Waals surface area contributed by atoms with E-state index in [1.807, 2.05) is 32.0 Å². The van der Waals surface area contributed by atoms with Crippen LogP contribution in [-0.2, 0) is 27.2 Å². The number of rotatable bonds is 8. The van der Waals surface area contributed by atoms with Crippen LogP contribution in [-0.4, -0.2) is 35.0 Å². The summed E-state index contributed by atoms with van der Waals surface area (Å²) in [7, 11) is 0. The summed E-state index contributed by atoms with van der Waals surface area (Å²) in [5.41, 5.74) is 3.38. The summed E-state index contributed by atoms with van der Waals surface area (Å²) in [5.74, 6) is -2.60. The number of carbonyl (C=O) groups excluding carboxylic acids is 2. The summed E-state index contributed by atoms with van der Waals surface area (Å²) < 4.78 is 13.1. The second kappa shape index (κ2) is 9.82. The second-order valence-corrected chi connectivity index (χ2v) is 7.06. The molecule has 0 fully saturated rings. The molecule has 0 unspecified atom stereocenters. The number of halogens is 1. The Labute approximate surface area is 169 Å². The molecular formula is C22H25FN2O4. The van der Waals surface area contributed by atoms with Gasteiger partial charge in [-0.05, 0) is 48.2 Å². The lowest BCUT2D eigenvalue weighted by Gasteiger charge is -2.22. The monoisotopic (exact) mass is 400 g/mol. The fraction of sp³-hybridized carbons (Fsp3) is 0.318. The molecule has 2 aromatic carbocycles. The third kappa shape index (κ3) is 6.41. The number of carbonyl (C=O) groups is 3. The lowest BCUT2D eigenvalue weighted by Crippen LogP contribution is -2.52. The van der Waals surface area contributed by atoms with Gasteiger partial charge in [-0.25, -0.2) is 9.18 Å². The van der Waals surface area contributed by atoms with Crippen LogP contribution < -0.4 is 10.6 Å². The molecule has 3 N–H and O–H groups in total. The fourth-order valence-corrected chi connectivity index (χ4v) is 3.16. The molecule has 7 heteroatoms. The molecule has 29 heavy (non-hydrogen) atoms. The van der Waals surface area contributed by atoms with Gasteiger partial charge in [0.1, 0.15) is 17.9 Å². The summed E-state index contributed by atoms with van der Waals surface area (Å²) >= 11 is 0. The number of benzene rings is 2. The van der Waals surface area contributed by atoms with E-state index < -0.39 is 35.7 Å². The Morgan fingerprint density at radius 2 is 1.52 bits per heavy atom. The summed E-state index contributed by atoms with van der Waals surface area (Å²) in [6, 6.07) is 9.10. The van der Waals surface area contributed by atoms with E-state index in [1.165, 1.54) is 31.2 Å². The molecule has 2 atom stereocenters. The minimum atomic E-state index is -1.16. The van der Waals surface area contributed by atoms with Crippen molar-refractivity contribution < 1.29 is 23.9 Å². The normalized spacial score (nSPS) is 12.7. The highest BCUT2D eigenvalue weighted by Crippen LogP contribution is 2.16. The van der Waals surface area contributed by atoms with E-state index in [1.54, 1.807) is 0 Å². The average molecular weight is 400 g/mol. The number of carboxylic acid groups (broad SMARTS) is 1. The highest BCUT2D eigenvalue weighted by molar-refractivity contribution is 5.90. The van der Waals surface area contributed by atoms with E-state index in [4.69, 9.17) is 0 Å². The summed E-state index contributed by atoms with van der Waals surface area (Å²) in [4.78, 5) is 36.1. The van der Waals surface area contributed by atoms with Gasteiger partial charge in [0.25, 0.3) is 0 Å². The van der Waals surface area contributed by atoms with Crippen LogP contribution in [0.25, 0.3) is 0 Å². The molecule has 0 bridgehead atoms. The minimum Gasteiger partial charge on any atom is -0.480 e. The Morgan fingerprint density at radius 1 is 0.931 bits per heavy atom. The number of hydrogen-bond acceptors (Lipinski definition) is 3. The van der Waals surface area contributed by atoms with E-state index >= 15 is 0 Å². The molecule has 0 aliphatic rings. The standard InChI is InChI=1S/C22H25FN2O4/c1-13-5-4-6-14(2)18(13)12-20(22(28)29)25-21(27)19(24-15(3)26)11-16-7-9-17(23)10-8-16/h4-10,19-20H,11-12H2,1-3H3,(H,24,26)(H,25,27)(H,28,29)/t19-,20+/m1/s1. The maximum atomic E-state index is 13.1. The van der Waals surface area contributed by atoms with Crippen LogP contribution in [0.15, 0.2) is 42.5 Å². The van der Waals surface area contributed by atoms with Crippen molar-refractivity contribution >= 4 is 17.8 Å². The van der Waals surface area contributed by atoms with Crippen molar-refractivity contribution in [3.63, 3.8) is 0 Å². The van der Waals surface area contributed by atoms with Crippen molar-refractivity contribution in [2.75, 3.05) is 0 Å². The molecule has 154 valence electrons. The van der Waals surface area contributed by atoms with Gasteiger partial charge in [-0.3, -0.25) is 9.59 Å².